The Morgan fingerprint density at radius 1 is 1.43 bits per heavy atom. The molecule has 4 nitrogen and oxygen atoms in total. The molecule has 0 radical (unpaired) electrons. The number of hydrogen-bond acceptors (Lipinski definition) is 4. The third-order valence-corrected chi connectivity index (χ3v) is 5.04. The van der Waals surface area contributed by atoms with Gasteiger partial charge in [-0.2, -0.15) is 0 Å². The molecule has 0 N–H and O–H groups in total. The van der Waals surface area contributed by atoms with Crippen molar-refractivity contribution in [2.75, 3.05) is 33.4 Å². The van der Waals surface area contributed by atoms with Gasteiger partial charge in [-0.1, -0.05) is 6.07 Å². The van der Waals surface area contributed by atoms with Gasteiger partial charge >= 0.3 is 0 Å². The van der Waals surface area contributed by atoms with Crippen LogP contribution < -0.4 is 0 Å². The Morgan fingerprint density at radius 2 is 2.29 bits per heavy atom. The molecule has 2 aliphatic heterocycles. The Hall–Kier alpha value is -0.970. The number of hydrogen-bond donors (Lipinski definition) is 0. The summed E-state index contributed by atoms with van der Waals surface area (Å²) in [7, 11) is 2.20. The molecule has 0 bridgehead atoms. The van der Waals surface area contributed by atoms with Crippen LogP contribution in [0.3, 0.4) is 0 Å². The topological polar surface area (TPSA) is 34.6 Å². The second-order valence-electron chi connectivity index (χ2n) is 6.40. The van der Waals surface area contributed by atoms with Gasteiger partial charge in [0.1, 0.15) is 0 Å². The SMILES string of the molecule is CN1CCC2(CC1)OCC[C@H]2CCOCc1cccnc1. The van der Waals surface area contributed by atoms with E-state index in [0.29, 0.717) is 12.5 Å². The van der Waals surface area contributed by atoms with E-state index in [4.69, 9.17) is 9.47 Å². The zero-order valence-corrected chi connectivity index (χ0v) is 13.0. The predicted molar refractivity (Wildman–Crippen MR) is 82.0 cm³/mol. The molecule has 1 atom stereocenters. The number of aromatic nitrogens is 1. The van der Waals surface area contributed by atoms with Crippen LogP contribution in [0.15, 0.2) is 24.5 Å². The minimum atomic E-state index is 0.143. The fourth-order valence-corrected chi connectivity index (χ4v) is 3.64. The van der Waals surface area contributed by atoms with E-state index in [-0.39, 0.29) is 5.60 Å². The van der Waals surface area contributed by atoms with Crippen LogP contribution in [0, 0.1) is 5.92 Å². The van der Waals surface area contributed by atoms with Gasteiger partial charge < -0.3 is 14.4 Å². The molecule has 21 heavy (non-hydrogen) atoms. The van der Waals surface area contributed by atoms with E-state index in [9.17, 15) is 0 Å². The summed E-state index contributed by atoms with van der Waals surface area (Å²) in [6, 6.07) is 4.02. The van der Waals surface area contributed by atoms with Gasteiger partial charge in [0.25, 0.3) is 0 Å². The van der Waals surface area contributed by atoms with Gasteiger partial charge in [0, 0.05) is 38.7 Å². The summed E-state index contributed by atoms with van der Waals surface area (Å²) in [5.41, 5.74) is 1.29. The van der Waals surface area contributed by atoms with Crippen LogP contribution in [0.4, 0.5) is 0 Å². The summed E-state index contributed by atoms with van der Waals surface area (Å²) in [5.74, 6) is 0.667. The van der Waals surface area contributed by atoms with E-state index in [0.717, 1.165) is 38.3 Å². The van der Waals surface area contributed by atoms with Crippen molar-refractivity contribution < 1.29 is 9.47 Å². The molecule has 1 aromatic heterocycles. The first-order valence-corrected chi connectivity index (χ1v) is 8.08. The Bertz CT molecular complexity index is 430. The molecule has 0 unspecified atom stereocenters. The van der Waals surface area contributed by atoms with Gasteiger partial charge in [0.2, 0.25) is 0 Å². The van der Waals surface area contributed by atoms with Gasteiger partial charge in [-0.15, -0.1) is 0 Å². The first-order valence-electron chi connectivity index (χ1n) is 8.08. The highest BCUT2D eigenvalue weighted by Gasteiger charge is 2.45. The van der Waals surface area contributed by atoms with Crippen molar-refractivity contribution in [3.05, 3.63) is 30.1 Å². The normalized spacial score (nSPS) is 25.5. The quantitative estimate of drug-likeness (QED) is 0.780. The van der Waals surface area contributed by atoms with Crippen molar-refractivity contribution in [1.82, 2.24) is 9.88 Å². The molecule has 0 aromatic carbocycles. The number of ether oxygens (including phenoxy) is 2. The molecular weight excluding hydrogens is 264 g/mol. The summed E-state index contributed by atoms with van der Waals surface area (Å²) in [4.78, 5) is 6.52. The molecule has 2 saturated heterocycles. The van der Waals surface area contributed by atoms with E-state index in [1.165, 1.54) is 19.3 Å². The standard InChI is InChI=1S/C17H26N2O2/c1-19-9-6-17(7-10-19)16(5-12-21-17)4-11-20-14-15-3-2-8-18-13-15/h2-3,8,13,16H,4-7,9-12,14H2,1H3/t16-/m1/s1. The molecule has 1 spiro atoms. The fourth-order valence-electron chi connectivity index (χ4n) is 3.64. The lowest BCUT2D eigenvalue weighted by atomic mass is 9.78. The van der Waals surface area contributed by atoms with E-state index in [1.54, 1.807) is 6.20 Å². The number of piperidine rings is 1. The van der Waals surface area contributed by atoms with Gasteiger partial charge in [-0.3, -0.25) is 4.98 Å². The highest BCUT2D eigenvalue weighted by atomic mass is 16.5. The Balaban J connectivity index is 1.44. The van der Waals surface area contributed by atoms with Crippen LogP contribution in [-0.2, 0) is 16.1 Å². The molecule has 2 aliphatic rings. The maximum absolute atomic E-state index is 6.17. The van der Waals surface area contributed by atoms with Crippen LogP contribution in [0.25, 0.3) is 0 Å². The molecule has 0 aliphatic carbocycles. The Kier molecular flexibility index (Phi) is 4.88. The Labute approximate surface area is 127 Å². The van der Waals surface area contributed by atoms with E-state index >= 15 is 0 Å². The predicted octanol–water partition coefficient (Wildman–Crippen LogP) is 2.49. The maximum atomic E-state index is 6.17. The highest BCUT2D eigenvalue weighted by Crippen LogP contribution is 2.42. The molecule has 2 fully saturated rings. The summed E-state index contributed by atoms with van der Waals surface area (Å²) in [5, 5.41) is 0. The van der Waals surface area contributed by atoms with Crippen molar-refractivity contribution in [3.8, 4) is 0 Å². The molecule has 4 heteroatoms. The van der Waals surface area contributed by atoms with Crippen molar-refractivity contribution in [2.24, 2.45) is 5.92 Å². The summed E-state index contributed by atoms with van der Waals surface area (Å²) in [6.07, 6.45) is 8.33. The minimum absolute atomic E-state index is 0.143. The van der Waals surface area contributed by atoms with Crippen LogP contribution in [-0.4, -0.2) is 48.8 Å². The third-order valence-electron chi connectivity index (χ3n) is 5.04. The number of rotatable bonds is 5. The Morgan fingerprint density at radius 3 is 3.05 bits per heavy atom. The third kappa shape index (κ3) is 3.62. The first-order chi connectivity index (χ1) is 10.3. The van der Waals surface area contributed by atoms with Crippen molar-refractivity contribution in [2.45, 2.75) is 37.9 Å². The minimum Gasteiger partial charge on any atom is -0.377 e. The average molecular weight is 290 g/mol. The number of pyridine rings is 1. The summed E-state index contributed by atoms with van der Waals surface area (Å²) < 4.78 is 12.0. The van der Waals surface area contributed by atoms with Crippen molar-refractivity contribution in [3.63, 3.8) is 0 Å². The van der Waals surface area contributed by atoms with Crippen LogP contribution in [0.1, 0.15) is 31.2 Å². The second-order valence-corrected chi connectivity index (χ2v) is 6.40. The molecule has 1 aromatic rings. The lowest BCUT2D eigenvalue weighted by Gasteiger charge is -2.41. The van der Waals surface area contributed by atoms with E-state index in [1.807, 2.05) is 12.3 Å². The lowest BCUT2D eigenvalue weighted by Crippen LogP contribution is -2.46. The first kappa shape index (κ1) is 14.9. The zero-order chi connectivity index (χ0) is 14.5. The summed E-state index contributed by atoms with van der Waals surface area (Å²) >= 11 is 0. The maximum Gasteiger partial charge on any atom is 0.0736 e. The molecule has 3 rings (SSSR count). The summed E-state index contributed by atoms with van der Waals surface area (Å²) in [6.45, 7) is 4.73. The molecule has 0 saturated carbocycles. The fraction of sp³-hybridized carbons (Fsp3) is 0.706. The smallest absolute Gasteiger partial charge is 0.0736 e. The van der Waals surface area contributed by atoms with Gasteiger partial charge in [0.05, 0.1) is 12.2 Å². The monoisotopic (exact) mass is 290 g/mol. The van der Waals surface area contributed by atoms with Gasteiger partial charge in [-0.25, -0.2) is 0 Å². The molecule has 0 amide bonds. The van der Waals surface area contributed by atoms with Crippen molar-refractivity contribution in [1.29, 1.82) is 0 Å². The largest absolute Gasteiger partial charge is 0.377 e. The molecule has 116 valence electrons. The van der Waals surface area contributed by atoms with Crippen LogP contribution >= 0.6 is 0 Å². The lowest BCUT2D eigenvalue weighted by molar-refractivity contribution is -0.0687. The highest BCUT2D eigenvalue weighted by molar-refractivity contribution is 5.06. The molecular formula is C17H26N2O2. The number of likely N-dealkylation sites (tertiary alicyclic amines) is 1. The zero-order valence-electron chi connectivity index (χ0n) is 13.0. The van der Waals surface area contributed by atoms with Gasteiger partial charge in [0.15, 0.2) is 0 Å². The molecule has 3 heterocycles. The van der Waals surface area contributed by atoms with Crippen LogP contribution in [0.5, 0.6) is 0 Å². The van der Waals surface area contributed by atoms with E-state index in [2.05, 4.69) is 23.0 Å². The van der Waals surface area contributed by atoms with E-state index < -0.39 is 0 Å². The van der Waals surface area contributed by atoms with Crippen LogP contribution in [0.2, 0.25) is 0 Å². The van der Waals surface area contributed by atoms with Crippen molar-refractivity contribution >= 4 is 0 Å². The average Bonchev–Trinajstić information content (AvgIpc) is 2.91. The van der Waals surface area contributed by atoms with Gasteiger partial charge in [-0.05, 0) is 50.3 Å². The number of nitrogens with zero attached hydrogens (tertiary/aromatic N) is 2. The second kappa shape index (κ2) is 6.86.